The van der Waals surface area contributed by atoms with Crippen molar-refractivity contribution in [2.75, 3.05) is 6.54 Å². The van der Waals surface area contributed by atoms with Crippen molar-refractivity contribution < 1.29 is 13.6 Å². The van der Waals surface area contributed by atoms with Crippen molar-refractivity contribution in [1.29, 1.82) is 0 Å². The number of hydrogen-bond acceptors (Lipinski definition) is 2. The molecule has 92 valence electrons. The van der Waals surface area contributed by atoms with Gasteiger partial charge in [-0.3, -0.25) is 4.79 Å². The zero-order valence-electron chi connectivity index (χ0n) is 9.25. The first-order valence-corrected chi connectivity index (χ1v) is 5.53. The van der Waals surface area contributed by atoms with E-state index in [1.807, 2.05) is 24.3 Å². The minimum absolute atomic E-state index is 0.361. The SMILES string of the molecule is O=C(NCC(F)F)[C@H]1Cc2ccccc2CN1. The van der Waals surface area contributed by atoms with Gasteiger partial charge in [-0.15, -0.1) is 0 Å². The van der Waals surface area contributed by atoms with Crippen LogP contribution < -0.4 is 10.6 Å². The Bertz CT molecular complexity index is 409. The number of carbonyl (C=O) groups excluding carboxylic acids is 1. The van der Waals surface area contributed by atoms with Crippen LogP contribution in [0.3, 0.4) is 0 Å². The number of carbonyl (C=O) groups is 1. The molecule has 0 saturated heterocycles. The summed E-state index contributed by atoms with van der Waals surface area (Å²) in [4.78, 5) is 11.6. The van der Waals surface area contributed by atoms with Crippen molar-refractivity contribution in [1.82, 2.24) is 10.6 Å². The fraction of sp³-hybridized carbons (Fsp3) is 0.417. The van der Waals surface area contributed by atoms with Crippen LogP contribution in [0.4, 0.5) is 8.78 Å². The largest absolute Gasteiger partial charge is 0.349 e. The van der Waals surface area contributed by atoms with Crippen LogP contribution >= 0.6 is 0 Å². The van der Waals surface area contributed by atoms with Gasteiger partial charge >= 0.3 is 0 Å². The Hall–Kier alpha value is -1.49. The summed E-state index contributed by atoms with van der Waals surface area (Å²) in [6.45, 7) is 0.0155. The number of alkyl halides is 2. The molecule has 1 atom stereocenters. The standard InChI is InChI=1S/C12H14F2N2O/c13-11(14)7-16-12(17)10-5-8-3-1-2-4-9(8)6-15-10/h1-4,10-11,15H,5-7H2,(H,16,17)/t10-/m1/s1. The zero-order chi connectivity index (χ0) is 12.3. The quantitative estimate of drug-likeness (QED) is 0.830. The molecule has 0 unspecified atom stereocenters. The fourth-order valence-corrected chi connectivity index (χ4v) is 1.94. The van der Waals surface area contributed by atoms with E-state index >= 15 is 0 Å². The summed E-state index contributed by atoms with van der Waals surface area (Å²) in [6, 6.07) is 7.40. The van der Waals surface area contributed by atoms with Gasteiger partial charge in [0.05, 0.1) is 12.6 Å². The molecule has 1 aromatic carbocycles. The molecule has 0 bridgehead atoms. The molecule has 0 fully saturated rings. The van der Waals surface area contributed by atoms with Gasteiger partial charge in [0.1, 0.15) is 0 Å². The summed E-state index contributed by atoms with van der Waals surface area (Å²) in [6.07, 6.45) is -1.96. The van der Waals surface area contributed by atoms with Crippen molar-refractivity contribution in [3.05, 3.63) is 35.4 Å². The summed E-state index contributed by atoms with van der Waals surface area (Å²) in [7, 11) is 0. The maximum Gasteiger partial charge on any atom is 0.255 e. The van der Waals surface area contributed by atoms with Gasteiger partial charge in [-0.25, -0.2) is 8.78 Å². The van der Waals surface area contributed by atoms with E-state index in [1.54, 1.807) is 0 Å². The molecule has 3 nitrogen and oxygen atoms in total. The van der Waals surface area contributed by atoms with E-state index < -0.39 is 19.0 Å². The molecule has 1 aliphatic heterocycles. The van der Waals surface area contributed by atoms with E-state index in [0.717, 1.165) is 11.1 Å². The van der Waals surface area contributed by atoms with E-state index in [0.29, 0.717) is 13.0 Å². The Balaban J connectivity index is 1.95. The summed E-state index contributed by atoms with van der Waals surface area (Å²) in [5.74, 6) is -0.361. The number of hydrogen-bond donors (Lipinski definition) is 2. The van der Waals surface area contributed by atoms with Crippen molar-refractivity contribution >= 4 is 5.91 Å². The Morgan fingerprint density at radius 2 is 2.12 bits per heavy atom. The van der Waals surface area contributed by atoms with Crippen LogP contribution in [0.1, 0.15) is 11.1 Å². The number of fused-ring (bicyclic) bond motifs is 1. The Kier molecular flexibility index (Phi) is 3.68. The molecule has 17 heavy (non-hydrogen) atoms. The fourth-order valence-electron chi connectivity index (χ4n) is 1.94. The molecular weight excluding hydrogens is 226 g/mol. The third kappa shape index (κ3) is 3.00. The van der Waals surface area contributed by atoms with Gasteiger partial charge in [0, 0.05) is 6.54 Å². The normalized spacial score (nSPS) is 18.9. The lowest BCUT2D eigenvalue weighted by Gasteiger charge is -2.25. The van der Waals surface area contributed by atoms with E-state index in [1.165, 1.54) is 0 Å². The molecule has 1 aliphatic rings. The molecule has 1 aromatic rings. The third-order valence-electron chi connectivity index (χ3n) is 2.83. The molecule has 2 N–H and O–H groups in total. The van der Waals surface area contributed by atoms with Gasteiger partial charge in [0.25, 0.3) is 6.43 Å². The topological polar surface area (TPSA) is 41.1 Å². The molecule has 0 aromatic heterocycles. The van der Waals surface area contributed by atoms with Crippen LogP contribution in [0, 0.1) is 0 Å². The van der Waals surface area contributed by atoms with Crippen LogP contribution in [0.5, 0.6) is 0 Å². The van der Waals surface area contributed by atoms with Crippen molar-refractivity contribution in [3.8, 4) is 0 Å². The smallest absolute Gasteiger partial charge is 0.255 e. The molecule has 0 radical (unpaired) electrons. The number of nitrogens with one attached hydrogen (secondary N) is 2. The van der Waals surface area contributed by atoms with Gasteiger partial charge in [-0.2, -0.15) is 0 Å². The van der Waals surface area contributed by atoms with Crippen LogP contribution in [0.25, 0.3) is 0 Å². The van der Waals surface area contributed by atoms with E-state index in [9.17, 15) is 13.6 Å². The average Bonchev–Trinajstić information content (AvgIpc) is 2.35. The first kappa shape index (κ1) is 12.0. The minimum Gasteiger partial charge on any atom is -0.349 e. The number of benzene rings is 1. The van der Waals surface area contributed by atoms with Gasteiger partial charge in [0.15, 0.2) is 0 Å². The monoisotopic (exact) mass is 240 g/mol. The first-order chi connectivity index (χ1) is 8.16. The molecule has 0 spiro atoms. The predicted molar refractivity (Wildman–Crippen MR) is 59.8 cm³/mol. The first-order valence-electron chi connectivity index (χ1n) is 5.53. The molecule has 0 aliphatic carbocycles. The lowest BCUT2D eigenvalue weighted by atomic mass is 9.95. The maximum atomic E-state index is 12.0. The molecule has 1 heterocycles. The van der Waals surface area contributed by atoms with Crippen LogP contribution in [0.2, 0.25) is 0 Å². The Labute approximate surface area is 98.2 Å². The second kappa shape index (κ2) is 5.23. The highest BCUT2D eigenvalue weighted by molar-refractivity contribution is 5.82. The van der Waals surface area contributed by atoms with Gasteiger partial charge in [-0.1, -0.05) is 24.3 Å². The van der Waals surface area contributed by atoms with Crippen molar-refractivity contribution in [2.24, 2.45) is 0 Å². The summed E-state index contributed by atoms with van der Waals surface area (Å²) >= 11 is 0. The second-order valence-corrected chi connectivity index (χ2v) is 4.04. The second-order valence-electron chi connectivity index (χ2n) is 4.04. The molecular formula is C12H14F2N2O. The van der Waals surface area contributed by atoms with Gasteiger partial charge < -0.3 is 10.6 Å². The molecule has 2 rings (SSSR count). The van der Waals surface area contributed by atoms with E-state index in [2.05, 4.69) is 10.6 Å². The minimum atomic E-state index is -2.50. The zero-order valence-corrected chi connectivity index (χ0v) is 9.25. The number of rotatable bonds is 3. The lowest BCUT2D eigenvalue weighted by molar-refractivity contribution is -0.124. The van der Waals surface area contributed by atoms with E-state index in [4.69, 9.17) is 0 Å². The van der Waals surface area contributed by atoms with Crippen LogP contribution in [0.15, 0.2) is 24.3 Å². The van der Waals surface area contributed by atoms with Crippen molar-refractivity contribution in [2.45, 2.75) is 25.4 Å². The van der Waals surface area contributed by atoms with Crippen molar-refractivity contribution in [3.63, 3.8) is 0 Å². The molecule has 1 amide bonds. The lowest BCUT2D eigenvalue weighted by Crippen LogP contribution is -2.48. The van der Waals surface area contributed by atoms with Gasteiger partial charge in [0.2, 0.25) is 5.91 Å². The van der Waals surface area contributed by atoms with Crippen LogP contribution in [-0.4, -0.2) is 24.9 Å². The molecule has 0 saturated carbocycles. The highest BCUT2D eigenvalue weighted by atomic mass is 19.3. The average molecular weight is 240 g/mol. The molecule has 5 heteroatoms. The Morgan fingerprint density at radius 1 is 1.41 bits per heavy atom. The maximum absolute atomic E-state index is 12.0. The van der Waals surface area contributed by atoms with E-state index in [-0.39, 0.29) is 5.91 Å². The highest BCUT2D eigenvalue weighted by Crippen LogP contribution is 2.16. The number of amides is 1. The number of halogens is 2. The summed E-state index contributed by atoms with van der Waals surface area (Å²) < 4.78 is 23.9. The third-order valence-corrected chi connectivity index (χ3v) is 2.83. The summed E-state index contributed by atoms with van der Waals surface area (Å²) in [5.41, 5.74) is 2.26. The Morgan fingerprint density at radius 3 is 2.82 bits per heavy atom. The summed E-state index contributed by atoms with van der Waals surface area (Å²) in [5, 5.41) is 5.27. The van der Waals surface area contributed by atoms with Gasteiger partial charge in [-0.05, 0) is 17.5 Å². The predicted octanol–water partition coefficient (Wildman–Crippen LogP) is 1.08. The van der Waals surface area contributed by atoms with Crippen LogP contribution in [-0.2, 0) is 17.8 Å². The highest BCUT2D eigenvalue weighted by Gasteiger charge is 2.23.